The Kier molecular flexibility index (Phi) is 3.27. The van der Waals surface area contributed by atoms with Gasteiger partial charge in [-0.05, 0) is 18.4 Å². The molecule has 0 saturated carbocycles. The first-order valence-corrected chi connectivity index (χ1v) is 7.20. The Balaban J connectivity index is 1.74. The zero-order valence-electron chi connectivity index (χ0n) is 10.5. The van der Waals surface area contributed by atoms with Gasteiger partial charge in [-0.25, -0.2) is 4.98 Å². The van der Waals surface area contributed by atoms with Gasteiger partial charge >= 0.3 is 0 Å². The minimum Gasteiger partial charge on any atom is -0.346 e. The highest BCUT2D eigenvalue weighted by Gasteiger charge is 2.24. The number of H-pyrrole nitrogens is 1. The average Bonchev–Trinajstić information content (AvgIpc) is 3.10. The molecule has 1 aliphatic heterocycles. The number of aromatic nitrogens is 4. The molecule has 0 radical (unpaired) electrons. The summed E-state index contributed by atoms with van der Waals surface area (Å²) in [5.41, 5.74) is 1.31. The van der Waals surface area contributed by atoms with Crippen LogP contribution in [0.2, 0.25) is 0 Å². The van der Waals surface area contributed by atoms with Gasteiger partial charge in [0.1, 0.15) is 5.82 Å². The van der Waals surface area contributed by atoms with Crippen LogP contribution in [0, 0.1) is 0 Å². The number of hydrogen-bond donors (Lipinski definition) is 1. The monoisotopic (exact) mass is 263 g/mol. The average molecular weight is 263 g/mol. The van der Waals surface area contributed by atoms with Gasteiger partial charge in [-0.3, -0.25) is 5.10 Å². The van der Waals surface area contributed by atoms with Gasteiger partial charge in [0.2, 0.25) is 5.13 Å². The van der Waals surface area contributed by atoms with Gasteiger partial charge in [0.15, 0.2) is 0 Å². The zero-order valence-corrected chi connectivity index (χ0v) is 11.3. The van der Waals surface area contributed by atoms with Crippen molar-refractivity contribution in [3.05, 3.63) is 23.8 Å². The van der Waals surface area contributed by atoms with Crippen LogP contribution < -0.4 is 4.90 Å². The van der Waals surface area contributed by atoms with Crippen molar-refractivity contribution in [2.24, 2.45) is 0 Å². The first-order valence-electron chi connectivity index (χ1n) is 6.43. The highest BCUT2D eigenvalue weighted by Crippen LogP contribution is 2.30. The maximum Gasteiger partial charge on any atom is 0.205 e. The van der Waals surface area contributed by atoms with Crippen LogP contribution in [-0.4, -0.2) is 32.6 Å². The van der Waals surface area contributed by atoms with Crippen molar-refractivity contribution in [1.82, 2.24) is 19.6 Å². The topological polar surface area (TPSA) is 57.7 Å². The van der Waals surface area contributed by atoms with E-state index in [4.69, 9.17) is 0 Å². The van der Waals surface area contributed by atoms with Crippen molar-refractivity contribution in [2.75, 3.05) is 18.0 Å². The van der Waals surface area contributed by atoms with E-state index in [2.05, 4.69) is 31.4 Å². The Hall–Kier alpha value is -1.43. The third-order valence-corrected chi connectivity index (χ3v) is 4.27. The quantitative estimate of drug-likeness (QED) is 0.922. The molecule has 0 aromatic carbocycles. The van der Waals surface area contributed by atoms with Crippen LogP contribution in [0.3, 0.4) is 0 Å². The second kappa shape index (κ2) is 5.06. The summed E-state index contributed by atoms with van der Waals surface area (Å²) in [4.78, 5) is 6.94. The van der Waals surface area contributed by atoms with E-state index in [1.165, 1.54) is 29.9 Å². The summed E-state index contributed by atoms with van der Waals surface area (Å²) >= 11 is 1.52. The van der Waals surface area contributed by atoms with Crippen LogP contribution >= 0.6 is 11.5 Å². The fourth-order valence-electron chi connectivity index (χ4n) is 2.42. The van der Waals surface area contributed by atoms with E-state index in [0.717, 1.165) is 30.5 Å². The fraction of sp³-hybridized carbons (Fsp3) is 0.583. The first-order chi connectivity index (χ1) is 8.86. The van der Waals surface area contributed by atoms with E-state index in [0.29, 0.717) is 5.92 Å². The molecule has 2 aromatic heterocycles. The molecule has 0 amide bonds. The molecule has 1 saturated heterocycles. The highest BCUT2D eigenvalue weighted by molar-refractivity contribution is 7.09. The molecule has 1 atom stereocenters. The van der Waals surface area contributed by atoms with Crippen LogP contribution in [0.4, 0.5) is 5.13 Å². The van der Waals surface area contributed by atoms with Crippen molar-refractivity contribution in [3.8, 4) is 0 Å². The Bertz CT molecular complexity index is 492. The van der Waals surface area contributed by atoms with Crippen molar-refractivity contribution in [2.45, 2.75) is 32.1 Å². The minimum atomic E-state index is 0.562. The summed E-state index contributed by atoms with van der Waals surface area (Å²) < 4.78 is 4.37. The molecule has 3 heterocycles. The smallest absolute Gasteiger partial charge is 0.205 e. The molecule has 0 aliphatic carbocycles. The number of aryl methyl sites for hydroxylation is 1. The van der Waals surface area contributed by atoms with Crippen molar-refractivity contribution in [1.29, 1.82) is 0 Å². The van der Waals surface area contributed by atoms with Gasteiger partial charge in [-0.2, -0.15) is 9.47 Å². The Morgan fingerprint density at radius 1 is 1.56 bits per heavy atom. The van der Waals surface area contributed by atoms with E-state index in [1.807, 2.05) is 12.4 Å². The van der Waals surface area contributed by atoms with E-state index in [1.54, 1.807) is 0 Å². The third kappa shape index (κ3) is 2.25. The Labute approximate surface area is 110 Å². The summed E-state index contributed by atoms with van der Waals surface area (Å²) in [5, 5.41) is 8.01. The predicted molar refractivity (Wildman–Crippen MR) is 72.1 cm³/mol. The second-order valence-corrected chi connectivity index (χ2v) is 5.39. The Morgan fingerprint density at radius 3 is 3.22 bits per heavy atom. The molecule has 1 aliphatic rings. The lowest BCUT2D eigenvalue weighted by Crippen LogP contribution is -2.34. The molecule has 1 unspecified atom stereocenters. The number of piperidine rings is 1. The molecule has 0 spiro atoms. The van der Waals surface area contributed by atoms with Crippen molar-refractivity contribution >= 4 is 16.7 Å². The molecule has 96 valence electrons. The van der Waals surface area contributed by atoms with Gasteiger partial charge in [0.05, 0.1) is 6.20 Å². The van der Waals surface area contributed by atoms with Crippen molar-refractivity contribution in [3.63, 3.8) is 0 Å². The lowest BCUT2D eigenvalue weighted by molar-refractivity contribution is 0.509. The molecule has 5 nitrogen and oxygen atoms in total. The number of hydrogen-bond acceptors (Lipinski definition) is 5. The third-order valence-electron chi connectivity index (χ3n) is 3.46. The van der Waals surface area contributed by atoms with Gasteiger partial charge in [0.25, 0.3) is 0 Å². The maximum atomic E-state index is 4.58. The molecular weight excluding hydrogens is 246 g/mol. The highest BCUT2D eigenvalue weighted by atomic mass is 32.1. The molecule has 1 fully saturated rings. The van der Waals surface area contributed by atoms with E-state index in [9.17, 15) is 0 Å². The van der Waals surface area contributed by atoms with E-state index in [-0.39, 0.29) is 0 Å². The maximum absolute atomic E-state index is 4.58. The predicted octanol–water partition coefficient (Wildman–Crippen LogP) is 2.21. The van der Waals surface area contributed by atoms with Gasteiger partial charge in [-0.1, -0.05) is 6.92 Å². The molecule has 1 N–H and O–H groups in total. The molecule has 3 rings (SSSR count). The number of aromatic amines is 1. The first kappa shape index (κ1) is 11.6. The summed E-state index contributed by atoms with van der Waals surface area (Å²) in [6.07, 6.45) is 7.29. The van der Waals surface area contributed by atoms with Crippen LogP contribution in [0.25, 0.3) is 0 Å². The fourth-order valence-corrected chi connectivity index (χ4v) is 3.21. The molecule has 6 heteroatoms. The van der Waals surface area contributed by atoms with Crippen LogP contribution in [-0.2, 0) is 6.42 Å². The minimum absolute atomic E-state index is 0.562. The molecule has 0 bridgehead atoms. The normalized spacial score (nSPS) is 20.3. The Morgan fingerprint density at radius 2 is 2.50 bits per heavy atom. The lowest BCUT2D eigenvalue weighted by atomic mass is 9.93. The van der Waals surface area contributed by atoms with Gasteiger partial charge in [0, 0.05) is 43.2 Å². The van der Waals surface area contributed by atoms with E-state index >= 15 is 0 Å². The SMILES string of the molecule is CCc1nsc(N2CCCC(c3cn[nH]c3)C2)n1. The van der Waals surface area contributed by atoms with Gasteiger partial charge in [-0.15, -0.1) is 0 Å². The molecule has 18 heavy (non-hydrogen) atoms. The van der Waals surface area contributed by atoms with Crippen LogP contribution in [0.5, 0.6) is 0 Å². The molecular formula is C12H17N5S. The number of nitrogens with one attached hydrogen (secondary N) is 1. The lowest BCUT2D eigenvalue weighted by Gasteiger charge is -2.31. The number of anilines is 1. The van der Waals surface area contributed by atoms with Crippen LogP contribution in [0.15, 0.2) is 12.4 Å². The number of nitrogens with zero attached hydrogens (tertiary/aromatic N) is 4. The number of rotatable bonds is 3. The van der Waals surface area contributed by atoms with Crippen molar-refractivity contribution < 1.29 is 0 Å². The summed E-state index contributed by atoms with van der Waals surface area (Å²) in [5.74, 6) is 1.52. The largest absolute Gasteiger partial charge is 0.346 e. The summed E-state index contributed by atoms with van der Waals surface area (Å²) in [6.45, 7) is 4.21. The second-order valence-electron chi connectivity index (χ2n) is 4.66. The standard InChI is InChI=1S/C12H17N5S/c1-2-11-15-12(18-16-11)17-5-3-4-9(8-17)10-6-13-14-7-10/h6-7,9H,2-5,8H2,1H3,(H,13,14). The summed E-state index contributed by atoms with van der Waals surface area (Å²) in [7, 11) is 0. The van der Waals surface area contributed by atoms with E-state index < -0.39 is 0 Å². The van der Waals surface area contributed by atoms with Crippen LogP contribution in [0.1, 0.15) is 37.1 Å². The van der Waals surface area contributed by atoms with Gasteiger partial charge < -0.3 is 4.90 Å². The molecule has 2 aromatic rings. The summed E-state index contributed by atoms with van der Waals surface area (Å²) in [6, 6.07) is 0. The zero-order chi connectivity index (χ0) is 12.4.